The Morgan fingerprint density at radius 2 is 1.72 bits per heavy atom. The van der Waals surface area contributed by atoms with E-state index in [1.165, 1.54) is 15.9 Å². The highest BCUT2D eigenvalue weighted by atomic mass is 32.1. The second kappa shape index (κ2) is 14.5. The first-order valence-corrected chi connectivity index (χ1v) is 14.7. The van der Waals surface area contributed by atoms with Gasteiger partial charge in [-0.2, -0.15) is 0 Å². The Labute approximate surface area is 253 Å². The molecular formula is C32H34N2O8S. The Balaban J connectivity index is 1.78. The number of hydrogen-bond donors (Lipinski definition) is 0. The Kier molecular flexibility index (Phi) is 10.6. The summed E-state index contributed by atoms with van der Waals surface area (Å²) in [4.78, 5) is 43.8. The smallest absolute Gasteiger partial charge is 0.344 e. The van der Waals surface area contributed by atoms with Crippen LogP contribution in [-0.4, -0.2) is 49.5 Å². The first-order chi connectivity index (χ1) is 20.8. The van der Waals surface area contributed by atoms with Crippen molar-refractivity contribution in [3.05, 3.63) is 97.2 Å². The third-order valence-corrected chi connectivity index (χ3v) is 7.28. The van der Waals surface area contributed by atoms with Crippen LogP contribution in [0.25, 0.3) is 6.08 Å². The van der Waals surface area contributed by atoms with E-state index in [2.05, 4.69) is 11.6 Å². The lowest BCUT2D eigenvalue weighted by Gasteiger charge is -2.25. The summed E-state index contributed by atoms with van der Waals surface area (Å²) in [5.41, 5.74) is 1.81. The monoisotopic (exact) mass is 606 g/mol. The van der Waals surface area contributed by atoms with Crippen molar-refractivity contribution in [2.24, 2.45) is 4.99 Å². The van der Waals surface area contributed by atoms with Crippen LogP contribution in [0.3, 0.4) is 0 Å². The maximum absolute atomic E-state index is 13.9. The molecule has 1 aliphatic heterocycles. The quantitative estimate of drug-likeness (QED) is 0.214. The number of esters is 2. The number of ether oxygens (including phenoxy) is 5. The zero-order valence-corrected chi connectivity index (χ0v) is 25.4. The van der Waals surface area contributed by atoms with Crippen LogP contribution in [0.15, 0.2) is 76.2 Å². The molecule has 1 aliphatic rings. The Hall–Kier alpha value is -4.64. The van der Waals surface area contributed by atoms with Gasteiger partial charge in [0.05, 0.1) is 41.7 Å². The van der Waals surface area contributed by atoms with Gasteiger partial charge in [-0.05, 0) is 69.2 Å². The Bertz CT molecular complexity index is 1700. The van der Waals surface area contributed by atoms with Crippen LogP contribution in [0.5, 0.6) is 17.2 Å². The molecule has 0 bridgehead atoms. The van der Waals surface area contributed by atoms with Crippen LogP contribution in [0, 0.1) is 0 Å². The zero-order chi connectivity index (χ0) is 30.9. The summed E-state index contributed by atoms with van der Waals surface area (Å²) in [6.45, 7) is 11.7. The van der Waals surface area contributed by atoms with E-state index in [1.54, 1.807) is 75.4 Å². The number of rotatable bonds is 13. The first-order valence-electron chi connectivity index (χ1n) is 13.9. The van der Waals surface area contributed by atoms with Crippen molar-refractivity contribution in [1.29, 1.82) is 0 Å². The lowest BCUT2D eigenvalue weighted by molar-refractivity contribution is -0.145. The summed E-state index contributed by atoms with van der Waals surface area (Å²) in [6, 6.07) is 11.5. The van der Waals surface area contributed by atoms with Gasteiger partial charge in [-0.15, -0.1) is 0 Å². The van der Waals surface area contributed by atoms with Crippen molar-refractivity contribution in [3.8, 4) is 17.2 Å². The minimum absolute atomic E-state index is 0.171. The van der Waals surface area contributed by atoms with Crippen molar-refractivity contribution in [2.75, 3.05) is 33.0 Å². The van der Waals surface area contributed by atoms with Gasteiger partial charge in [0.1, 0.15) is 12.4 Å². The van der Waals surface area contributed by atoms with Crippen molar-refractivity contribution in [2.45, 2.75) is 33.7 Å². The number of thiazole rings is 1. The molecular weight excluding hydrogens is 572 g/mol. The molecule has 0 aliphatic carbocycles. The summed E-state index contributed by atoms with van der Waals surface area (Å²) in [7, 11) is 0. The van der Waals surface area contributed by atoms with Crippen LogP contribution in [0.4, 0.5) is 0 Å². The number of benzene rings is 2. The number of carbonyl (C=O) groups is 2. The Morgan fingerprint density at radius 3 is 2.40 bits per heavy atom. The fraction of sp³-hybridized carbons (Fsp3) is 0.312. The average Bonchev–Trinajstić information content (AvgIpc) is 3.29. The van der Waals surface area contributed by atoms with Crippen LogP contribution < -0.4 is 29.1 Å². The van der Waals surface area contributed by atoms with Crippen molar-refractivity contribution >= 4 is 29.4 Å². The highest BCUT2D eigenvalue weighted by Gasteiger charge is 2.34. The summed E-state index contributed by atoms with van der Waals surface area (Å²) < 4.78 is 29.3. The van der Waals surface area contributed by atoms with Gasteiger partial charge in [0, 0.05) is 0 Å². The molecule has 43 heavy (non-hydrogen) atoms. The van der Waals surface area contributed by atoms with Crippen LogP contribution >= 0.6 is 11.3 Å². The molecule has 0 saturated heterocycles. The second-order valence-electron chi connectivity index (χ2n) is 9.20. The molecule has 2 aromatic carbocycles. The van der Waals surface area contributed by atoms with E-state index >= 15 is 0 Å². The summed E-state index contributed by atoms with van der Waals surface area (Å²) in [6.07, 6.45) is 3.38. The number of aromatic nitrogens is 1. The van der Waals surface area contributed by atoms with Gasteiger partial charge >= 0.3 is 11.9 Å². The zero-order valence-electron chi connectivity index (χ0n) is 24.6. The third-order valence-electron chi connectivity index (χ3n) is 6.30. The van der Waals surface area contributed by atoms with E-state index in [0.29, 0.717) is 51.1 Å². The number of allylic oxidation sites excluding steroid dienone is 1. The molecule has 0 radical (unpaired) electrons. The van der Waals surface area contributed by atoms with E-state index in [4.69, 9.17) is 23.7 Å². The lowest BCUT2D eigenvalue weighted by atomic mass is 9.95. The van der Waals surface area contributed by atoms with Crippen molar-refractivity contribution in [3.63, 3.8) is 0 Å². The van der Waals surface area contributed by atoms with Gasteiger partial charge in [-0.1, -0.05) is 42.2 Å². The average molecular weight is 607 g/mol. The molecule has 0 fully saturated rings. The normalized spacial score (nSPS) is 14.4. The number of fused-ring (bicyclic) bond motifs is 1. The molecule has 0 amide bonds. The van der Waals surface area contributed by atoms with E-state index < -0.39 is 18.0 Å². The maximum Gasteiger partial charge on any atom is 0.344 e. The minimum Gasteiger partial charge on any atom is -0.490 e. The molecule has 3 aromatic rings. The maximum atomic E-state index is 13.9. The van der Waals surface area contributed by atoms with Gasteiger partial charge in [0.2, 0.25) is 0 Å². The summed E-state index contributed by atoms with van der Waals surface area (Å²) in [5.74, 6) is 0.489. The first kappa shape index (κ1) is 31.3. The largest absolute Gasteiger partial charge is 0.490 e. The van der Waals surface area contributed by atoms with E-state index in [0.717, 1.165) is 5.56 Å². The van der Waals surface area contributed by atoms with Gasteiger partial charge < -0.3 is 23.7 Å². The van der Waals surface area contributed by atoms with E-state index in [-0.39, 0.29) is 31.0 Å². The molecule has 11 heteroatoms. The van der Waals surface area contributed by atoms with Crippen molar-refractivity contribution < 1.29 is 33.3 Å². The van der Waals surface area contributed by atoms with Crippen LogP contribution in [0.1, 0.15) is 44.9 Å². The number of carbonyl (C=O) groups excluding carboxylic acids is 2. The van der Waals surface area contributed by atoms with Gasteiger partial charge in [0.15, 0.2) is 22.9 Å². The van der Waals surface area contributed by atoms with Crippen molar-refractivity contribution in [1.82, 2.24) is 4.57 Å². The number of nitrogens with zero attached hydrogens (tertiary/aromatic N) is 2. The SMILES string of the molecule is C=CCOc1ccc(C2C(C(=O)OCC)=C(C)N=c3sc(=Cc4ccc(OCC(=O)OCC)cc4)c(=O)n32)cc1OCC. The molecule has 226 valence electrons. The topological polar surface area (TPSA) is 115 Å². The van der Waals surface area contributed by atoms with Gasteiger partial charge in [-0.25, -0.2) is 14.6 Å². The Morgan fingerprint density at radius 1 is 0.977 bits per heavy atom. The highest BCUT2D eigenvalue weighted by Crippen LogP contribution is 2.36. The fourth-order valence-corrected chi connectivity index (χ4v) is 5.54. The predicted octanol–water partition coefficient (Wildman–Crippen LogP) is 3.70. The molecule has 10 nitrogen and oxygen atoms in total. The fourth-order valence-electron chi connectivity index (χ4n) is 4.49. The highest BCUT2D eigenvalue weighted by molar-refractivity contribution is 7.07. The second-order valence-corrected chi connectivity index (χ2v) is 10.2. The summed E-state index contributed by atoms with van der Waals surface area (Å²) >= 11 is 1.22. The standard InChI is InChI=1S/C32H34N2O8S/c1-6-16-41-24-15-12-22(18-25(24)38-7-2)29-28(31(37)40-9-4)20(5)33-32-34(29)30(36)26(43-32)17-21-10-13-23(14-11-21)42-19-27(35)39-8-3/h6,10-15,17-18,29H,1,7-9,16,19H2,2-5H3. The third kappa shape index (κ3) is 7.23. The van der Waals surface area contributed by atoms with E-state index in [9.17, 15) is 14.4 Å². The molecule has 2 heterocycles. The number of hydrogen-bond acceptors (Lipinski definition) is 10. The molecule has 1 unspecified atom stereocenters. The molecule has 1 atom stereocenters. The van der Waals surface area contributed by atoms with Crippen LogP contribution in [0.2, 0.25) is 0 Å². The van der Waals surface area contributed by atoms with Gasteiger partial charge in [0.25, 0.3) is 5.56 Å². The van der Waals surface area contributed by atoms with E-state index in [1.807, 2.05) is 6.92 Å². The molecule has 0 N–H and O–H groups in total. The lowest BCUT2D eigenvalue weighted by Crippen LogP contribution is -2.40. The van der Waals surface area contributed by atoms with Crippen LogP contribution in [-0.2, 0) is 19.1 Å². The minimum atomic E-state index is -0.802. The summed E-state index contributed by atoms with van der Waals surface area (Å²) in [5, 5.41) is 0. The molecule has 4 rings (SSSR count). The molecule has 0 saturated carbocycles. The van der Waals surface area contributed by atoms with Gasteiger partial charge in [-0.3, -0.25) is 9.36 Å². The molecule has 1 aromatic heterocycles. The molecule has 0 spiro atoms. The predicted molar refractivity (Wildman–Crippen MR) is 162 cm³/mol.